The van der Waals surface area contributed by atoms with Crippen molar-refractivity contribution in [3.05, 3.63) is 65.7 Å². The number of hydrogen-bond acceptors (Lipinski definition) is 3. The molecule has 118 valence electrons. The van der Waals surface area contributed by atoms with Gasteiger partial charge in [-0.25, -0.2) is 0 Å². The molecule has 0 radical (unpaired) electrons. The highest BCUT2D eigenvalue weighted by Gasteiger charge is 2.07. The van der Waals surface area contributed by atoms with Crippen molar-refractivity contribution in [2.75, 3.05) is 5.32 Å². The molecule has 6 nitrogen and oxygen atoms in total. The van der Waals surface area contributed by atoms with E-state index in [1.165, 1.54) is 6.92 Å². The van der Waals surface area contributed by atoms with Crippen molar-refractivity contribution in [2.24, 2.45) is 0 Å². The Kier molecular flexibility index (Phi) is 5.46. The molecule has 0 heterocycles. The van der Waals surface area contributed by atoms with Crippen LogP contribution in [-0.4, -0.2) is 17.7 Å². The second-order valence-electron chi connectivity index (χ2n) is 4.92. The summed E-state index contributed by atoms with van der Waals surface area (Å²) < 4.78 is 0. The highest BCUT2D eigenvalue weighted by molar-refractivity contribution is 5.95. The minimum Gasteiger partial charge on any atom is -0.326 e. The maximum atomic E-state index is 11.8. The van der Waals surface area contributed by atoms with Gasteiger partial charge < -0.3 is 5.32 Å². The lowest BCUT2D eigenvalue weighted by Crippen LogP contribution is -2.42. The van der Waals surface area contributed by atoms with E-state index < -0.39 is 0 Å². The van der Waals surface area contributed by atoms with Gasteiger partial charge in [0.15, 0.2) is 0 Å². The van der Waals surface area contributed by atoms with E-state index in [0.717, 1.165) is 5.56 Å². The molecule has 3 amide bonds. The van der Waals surface area contributed by atoms with Crippen LogP contribution < -0.4 is 16.2 Å². The third-order valence-corrected chi connectivity index (χ3v) is 2.99. The summed E-state index contributed by atoms with van der Waals surface area (Å²) in [5, 5.41) is 2.65. The molecule has 0 saturated heterocycles. The SMILES string of the molecule is CC(=O)Nc1ccc(CC(=O)NNC(=O)c2ccccc2)cc1. The molecule has 2 rings (SSSR count). The molecule has 23 heavy (non-hydrogen) atoms. The summed E-state index contributed by atoms with van der Waals surface area (Å²) in [7, 11) is 0. The number of anilines is 1. The Morgan fingerprint density at radius 1 is 0.870 bits per heavy atom. The van der Waals surface area contributed by atoms with Crippen molar-refractivity contribution in [3.8, 4) is 0 Å². The molecule has 2 aromatic rings. The van der Waals surface area contributed by atoms with Gasteiger partial charge in [0.2, 0.25) is 11.8 Å². The van der Waals surface area contributed by atoms with Crippen LogP contribution in [-0.2, 0) is 16.0 Å². The zero-order chi connectivity index (χ0) is 16.7. The number of rotatable bonds is 4. The molecule has 0 aliphatic heterocycles. The highest BCUT2D eigenvalue weighted by Crippen LogP contribution is 2.09. The van der Waals surface area contributed by atoms with E-state index in [1.807, 2.05) is 0 Å². The van der Waals surface area contributed by atoms with E-state index in [2.05, 4.69) is 16.2 Å². The first-order valence-electron chi connectivity index (χ1n) is 7.05. The van der Waals surface area contributed by atoms with Gasteiger partial charge in [0.25, 0.3) is 5.91 Å². The monoisotopic (exact) mass is 311 g/mol. The molecule has 0 atom stereocenters. The molecule has 6 heteroatoms. The molecule has 0 spiro atoms. The van der Waals surface area contributed by atoms with Crippen molar-refractivity contribution >= 4 is 23.4 Å². The number of nitrogens with one attached hydrogen (secondary N) is 3. The lowest BCUT2D eigenvalue weighted by molar-refractivity contribution is -0.121. The van der Waals surface area contributed by atoms with Crippen molar-refractivity contribution in [3.63, 3.8) is 0 Å². The molecule has 0 unspecified atom stereocenters. The number of amides is 3. The zero-order valence-corrected chi connectivity index (χ0v) is 12.6. The van der Waals surface area contributed by atoms with E-state index >= 15 is 0 Å². The predicted octanol–water partition coefficient (Wildman–Crippen LogP) is 1.65. The quantitative estimate of drug-likeness (QED) is 0.750. The minimum absolute atomic E-state index is 0.120. The highest BCUT2D eigenvalue weighted by atomic mass is 16.2. The Bertz CT molecular complexity index is 697. The average molecular weight is 311 g/mol. The van der Waals surface area contributed by atoms with Gasteiger partial charge in [0.05, 0.1) is 6.42 Å². The molecule has 2 aromatic carbocycles. The van der Waals surface area contributed by atoms with Gasteiger partial charge in [-0.2, -0.15) is 0 Å². The number of benzene rings is 2. The molecular formula is C17H17N3O3. The predicted molar refractivity (Wildman–Crippen MR) is 86.5 cm³/mol. The van der Waals surface area contributed by atoms with E-state index in [0.29, 0.717) is 11.3 Å². The molecule has 3 N–H and O–H groups in total. The fraction of sp³-hybridized carbons (Fsp3) is 0.118. The van der Waals surface area contributed by atoms with Crippen molar-refractivity contribution in [1.29, 1.82) is 0 Å². The van der Waals surface area contributed by atoms with Crippen LogP contribution in [0.2, 0.25) is 0 Å². The lowest BCUT2D eigenvalue weighted by Gasteiger charge is -2.08. The normalized spacial score (nSPS) is 9.78. The first-order chi connectivity index (χ1) is 11.0. The van der Waals surface area contributed by atoms with Gasteiger partial charge in [-0.15, -0.1) is 0 Å². The summed E-state index contributed by atoms with van der Waals surface area (Å²) in [5.41, 5.74) is 6.63. The summed E-state index contributed by atoms with van der Waals surface area (Å²) in [6, 6.07) is 15.5. The molecule has 0 bridgehead atoms. The fourth-order valence-corrected chi connectivity index (χ4v) is 1.93. The van der Waals surface area contributed by atoms with Crippen molar-refractivity contribution in [2.45, 2.75) is 13.3 Å². The molecule has 0 aromatic heterocycles. The molecule has 0 aliphatic rings. The Balaban J connectivity index is 1.83. The standard InChI is InChI=1S/C17H17N3O3/c1-12(21)18-15-9-7-13(8-10-15)11-16(22)19-20-17(23)14-5-3-2-4-6-14/h2-10H,11H2,1H3,(H,18,21)(H,19,22)(H,20,23). The summed E-state index contributed by atoms with van der Waals surface area (Å²) >= 11 is 0. The Labute approximate surface area is 133 Å². The lowest BCUT2D eigenvalue weighted by atomic mass is 10.1. The minimum atomic E-state index is -0.375. The van der Waals surface area contributed by atoms with Crippen LogP contribution in [0.5, 0.6) is 0 Å². The maximum Gasteiger partial charge on any atom is 0.269 e. The van der Waals surface area contributed by atoms with Gasteiger partial charge >= 0.3 is 0 Å². The van der Waals surface area contributed by atoms with Crippen molar-refractivity contribution in [1.82, 2.24) is 10.9 Å². The number of hydrazine groups is 1. The van der Waals surface area contributed by atoms with Crippen LogP contribution in [0.3, 0.4) is 0 Å². The number of carbonyl (C=O) groups is 3. The second-order valence-corrected chi connectivity index (χ2v) is 4.92. The van der Waals surface area contributed by atoms with Gasteiger partial charge in [0, 0.05) is 18.2 Å². The fourth-order valence-electron chi connectivity index (χ4n) is 1.93. The third kappa shape index (κ3) is 5.28. The Morgan fingerprint density at radius 2 is 1.52 bits per heavy atom. The van der Waals surface area contributed by atoms with E-state index in [1.54, 1.807) is 54.6 Å². The van der Waals surface area contributed by atoms with E-state index in [4.69, 9.17) is 0 Å². The second kappa shape index (κ2) is 7.74. The van der Waals surface area contributed by atoms with Gasteiger partial charge in [-0.3, -0.25) is 25.2 Å². The first-order valence-corrected chi connectivity index (χ1v) is 7.05. The van der Waals surface area contributed by atoms with Gasteiger partial charge in [-0.05, 0) is 29.8 Å². The molecular weight excluding hydrogens is 294 g/mol. The van der Waals surface area contributed by atoms with Gasteiger partial charge in [0.1, 0.15) is 0 Å². The third-order valence-electron chi connectivity index (χ3n) is 2.99. The van der Waals surface area contributed by atoms with Crippen LogP contribution in [0.1, 0.15) is 22.8 Å². The Morgan fingerprint density at radius 3 is 2.13 bits per heavy atom. The van der Waals surface area contributed by atoms with Crippen LogP contribution in [0.25, 0.3) is 0 Å². The molecule has 0 saturated carbocycles. The van der Waals surface area contributed by atoms with Crippen LogP contribution in [0.15, 0.2) is 54.6 Å². The van der Waals surface area contributed by atoms with E-state index in [9.17, 15) is 14.4 Å². The van der Waals surface area contributed by atoms with E-state index in [-0.39, 0.29) is 24.1 Å². The number of carbonyl (C=O) groups excluding carboxylic acids is 3. The zero-order valence-electron chi connectivity index (χ0n) is 12.6. The van der Waals surface area contributed by atoms with Crippen LogP contribution in [0, 0.1) is 0 Å². The molecule has 0 fully saturated rings. The maximum absolute atomic E-state index is 11.8. The van der Waals surface area contributed by atoms with Crippen LogP contribution in [0.4, 0.5) is 5.69 Å². The first kappa shape index (κ1) is 16.2. The largest absolute Gasteiger partial charge is 0.326 e. The summed E-state index contributed by atoms with van der Waals surface area (Å²) in [6.07, 6.45) is 0.120. The van der Waals surface area contributed by atoms with Gasteiger partial charge in [-0.1, -0.05) is 30.3 Å². The summed E-state index contributed by atoms with van der Waals surface area (Å²) in [5.74, 6) is -0.861. The summed E-state index contributed by atoms with van der Waals surface area (Å²) in [6.45, 7) is 1.43. The molecule has 0 aliphatic carbocycles. The Hall–Kier alpha value is -3.15. The number of hydrogen-bond donors (Lipinski definition) is 3. The topological polar surface area (TPSA) is 87.3 Å². The summed E-state index contributed by atoms with van der Waals surface area (Å²) in [4.78, 5) is 34.5. The smallest absolute Gasteiger partial charge is 0.269 e. The van der Waals surface area contributed by atoms with Crippen molar-refractivity contribution < 1.29 is 14.4 Å². The average Bonchev–Trinajstić information content (AvgIpc) is 2.55. The van der Waals surface area contributed by atoms with Crippen LogP contribution >= 0.6 is 0 Å².